The number of ether oxygens (including phenoxy) is 1. The molecule has 0 aliphatic carbocycles. The van der Waals surface area contributed by atoms with Crippen LogP contribution in [0.25, 0.3) is 22.7 Å². The lowest BCUT2D eigenvalue weighted by Gasteiger charge is -2.12. The third kappa shape index (κ3) is 3.52. The van der Waals surface area contributed by atoms with Crippen molar-refractivity contribution < 1.29 is 13.9 Å². The van der Waals surface area contributed by atoms with E-state index in [0.29, 0.717) is 44.7 Å². The number of carbonyl (C=O) groups is 1. The van der Waals surface area contributed by atoms with E-state index in [2.05, 4.69) is 15.3 Å². The van der Waals surface area contributed by atoms with Crippen LogP contribution in [0, 0.1) is 0 Å². The zero-order valence-electron chi connectivity index (χ0n) is 14.6. The number of benzene rings is 2. The standard InChI is InChI=1S/C20H13Cl2N3O3/c1-27-16-7-4-11(20-25-18-17(28-20)3-2-8-23-18)9-15(16)24-19(26)13-6-5-12(21)10-14(13)22/h2-10H,1H3,(H,24,26). The number of nitrogens with one attached hydrogen (secondary N) is 1. The number of carbonyl (C=O) groups excluding carboxylic acids is 1. The average Bonchev–Trinajstić information content (AvgIpc) is 3.12. The molecule has 1 N–H and O–H groups in total. The predicted octanol–water partition coefficient (Wildman–Crippen LogP) is 5.46. The molecule has 0 aliphatic heterocycles. The quantitative estimate of drug-likeness (QED) is 0.480. The van der Waals surface area contributed by atoms with Crippen LogP contribution in [0.4, 0.5) is 5.69 Å². The average molecular weight is 414 g/mol. The Hall–Kier alpha value is -3.09. The van der Waals surface area contributed by atoms with Crippen LogP contribution in [0.1, 0.15) is 10.4 Å². The SMILES string of the molecule is COc1ccc(-c2nc3ncccc3o2)cc1NC(=O)c1ccc(Cl)cc1Cl. The highest BCUT2D eigenvalue weighted by Gasteiger charge is 2.16. The van der Waals surface area contributed by atoms with Gasteiger partial charge in [-0.1, -0.05) is 23.2 Å². The molecule has 0 unspecified atom stereocenters. The number of aromatic nitrogens is 2. The van der Waals surface area contributed by atoms with Gasteiger partial charge in [-0.25, -0.2) is 4.98 Å². The first-order valence-electron chi connectivity index (χ1n) is 8.21. The van der Waals surface area contributed by atoms with Crippen molar-refractivity contribution >= 4 is 46.0 Å². The Morgan fingerprint density at radius 2 is 2.00 bits per heavy atom. The fourth-order valence-electron chi connectivity index (χ4n) is 2.69. The Labute approximate surface area is 170 Å². The lowest BCUT2D eigenvalue weighted by atomic mass is 10.1. The highest BCUT2D eigenvalue weighted by atomic mass is 35.5. The number of oxazole rings is 1. The van der Waals surface area contributed by atoms with Crippen LogP contribution >= 0.6 is 23.2 Å². The van der Waals surface area contributed by atoms with Gasteiger partial charge < -0.3 is 14.5 Å². The summed E-state index contributed by atoms with van der Waals surface area (Å²) in [5.41, 5.74) is 2.49. The number of pyridine rings is 1. The van der Waals surface area contributed by atoms with Gasteiger partial charge >= 0.3 is 0 Å². The van der Waals surface area contributed by atoms with Crippen LogP contribution in [-0.2, 0) is 0 Å². The molecule has 140 valence electrons. The first-order chi connectivity index (χ1) is 13.5. The summed E-state index contributed by atoms with van der Waals surface area (Å²) in [6.45, 7) is 0. The summed E-state index contributed by atoms with van der Waals surface area (Å²) in [7, 11) is 1.52. The summed E-state index contributed by atoms with van der Waals surface area (Å²) in [5.74, 6) is 0.476. The normalized spacial score (nSPS) is 10.8. The minimum absolute atomic E-state index is 0.255. The fourth-order valence-corrected chi connectivity index (χ4v) is 3.19. The zero-order chi connectivity index (χ0) is 19.7. The summed E-state index contributed by atoms with van der Waals surface area (Å²) >= 11 is 12.0. The molecule has 0 radical (unpaired) electrons. The number of anilines is 1. The van der Waals surface area contributed by atoms with E-state index in [4.69, 9.17) is 32.4 Å². The van der Waals surface area contributed by atoms with E-state index in [1.54, 1.807) is 48.7 Å². The lowest BCUT2D eigenvalue weighted by Crippen LogP contribution is -2.13. The van der Waals surface area contributed by atoms with Crippen LogP contribution < -0.4 is 10.1 Å². The number of methoxy groups -OCH3 is 1. The van der Waals surface area contributed by atoms with Gasteiger partial charge in [0, 0.05) is 16.8 Å². The zero-order valence-corrected chi connectivity index (χ0v) is 16.1. The largest absolute Gasteiger partial charge is 0.495 e. The van der Waals surface area contributed by atoms with Gasteiger partial charge in [0.15, 0.2) is 11.2 Å². The Kier molecular flexibility index (Phi) is 4.90. The minimum atomic E-state index is -0.392. The number of hydrogen-bond acceptors (Lipinski definition) is 5. The van der Waals surface area contributed by atoms with Crippen molar-refractivity contribution in [1.82, 2.24) is 9.97 Å². The van der Waals surface area contributed by atoms with E-state index in [-0.39, 0.29) is 5.02 Å². The second-order valence-corrected chi connectivity index (χ2v) is 6.68. The Morgan fingerprint density at radius 1 is 1.14 bits per heavy atom. The van der Waals surface area contributed by atoms with Crippen molar-refractivity contribution in [2.75, 3.05) is 12.4 Å². The molecule has 2 aromatic carbocycles. The number of halogens is 2. The maximum atomic E-state index is 12.7. The molecule has 0 saturated heterocycles. The third-order valence-corrected chi connectivity index (χ3v) is 4.58. The molecule has 0 spiro atoms. The van der Waals surface area contributed by atoms with Gasteiger partial charge in [-0.2, -0.15) is 4.98 Å². The van der Waals surface area contributed by atoms with Gasteiger partial charge in [0.2, 0.25) is 5.89 Å². The summed E-state index contributed by atoms with van der Waals surface area (Å²) in [6.07, 6.45) is 1.64. The summed E-state index contributed by atoms with van der Waals surface area (Å²) < 4.78 is 11.1. The molecule has 0 aliphatic rings. The first kappa shape index (κ1) is 18.3. The van der Waals surface area contributed by atoms with Gasteiger partial charge in [0.05, 0.1) is 23.4 Å². The molecule has 28 heavy (non-hydrogen) atoms. The van der Waals surface area contributed by atoms with E-state index >= 15 is 0 Å². The molecule has 2 heterocycles. The van der Waals surface area contributed by atoms with Crippen LogP contribution in [0.3, 0.4) is 0 Å². The maximum Gasteiger partial charge on any atom is 0.257 e. The molecule has 0 fully saturated rings. The number of hydrogen-bond donors (Lipinski definition) is 1. The molecule has 0 saturated carbocycles. The van der Waals surface area contributed by atoms with E-state index in [9.17, 15) is 4.79 Å². The second-order valence-electron chi connectivity index (χ2n) is 5.84. The highest BCUT2D eigenvalue weighted by Crippen LogP contribution is 2.32. The van der Waals surface area contributed by atoms with E-state index in [0.717, 1.165) is 0 Å². The molecule has 8 heteroatoms. The number of rotatable bonds is 4. The smallest absolute Gasteiger partial charge is 0.257 e. The minimum Gasteiger partial charge on any atom is -0.495 e. The van der Waals surface area contributed by atoms with Gasteiger partial charge in [0.1, 0.15) is 5.75 Å². The summed E-state index contributed by atoms with van der Waals surface area (Å²) in [4.78, 5) is 21.2. The van der Waals surface area contributed by atoms with Crippen molar-refractivity contribution in [3.63, 3.8) is 0 Å². The van der Waals surface area contributed by atoms with Crippen LogP contribution in [0.15, 0.2) is 59.1 Å². The second kappa shape index (κ2) is 7.50. The molecular formula is C20H13Cl2N3O3. The molecule has 0 atom stereocenters. The molecule has 4 rings (SSSR count). The first-order valence-corrected chi connectivity index (χ1v) is 8.97. The monoisotopic (exact) mass is 413 g/mol. The maximum absolute atomic E-state index is 12.7. The number of fused-ring (bicyclic) bond motifs is 1. The van der Waals surface area contributed by atoms with Crippen molar-refractivity contribution in [2.24, 2.45) is 0 Å². The summed E-state index contributed by atoms with van der Waals surface area (Å²) in [6, 6.07) is 13.4. The van der Waals surface area contributed by atoms with Crippen molar-refractivity contribution in [3.8, 4) is 17.2 Å². The van der Waals surface area contributed by atoms with Crippen LogP contribution in [0.5, 0.6) is 5.75 Å². The molecule has 6 nitrogen and oxygen atoms in total. The highest BCUT2D eigenvalue weighted by molar-refractivity contribution is 6.37. The fraction of sp³-hybridized carbons (Fsp3) is 0.0500. The van der Waals surface area contributed by atoms with E-state index < -0.39 is 5.91 Å². The van der Waals surface area contributed by atoms with Gasteiger partial charge in [-0.15, -0.1) is 0 Å². The van der Waals surface area contributed by atoms with Crippen LogP contribution in [-0.4, -0.2) is 23.0 Å². The van der Waals surface area contributed by atoms with Crippen LogP contribution in [0.2, 0.25) is 10.0 Å². The van der Waals surface area contributed by atoms with E-state index in [1.807, 2.05) is 0 Å². The predicted molar refractivity (Wildman–Crippen MR) is 108 cm³/mol. The van der Waals surface area contributed by atoms with Crippen molar-refractivity contribution in [2.45, 2.75) is 0 Å². The molecule has 4 aromatic rings. The van der Waals surface area contributed by atoms with Gasteiger partial charge in [0.25, 0.3) is 5.91 Å². The molecular weight excluding hydrogens is 401 g/mol. The van der Waals surface area contributed by atoms with E-state index in [1.165, 1.54) is 13.2 Å². The van der Waals surface area contributed by atoms with Gasteiger partial charge in [-0.05, 0) is 48.5 Å². The van der Waals surface area contributed by atoms with Gasteiger partial charge in [-0.3, -0.25) is 4.79 Å². The lowest BCUT2D eigenvalue weighted by molar-refractivity contribution is 0.102. The molecule has 2 aromatic heterocycles. The molecule has 1 amide bonds. The Bertz CT molecular complexity index is 1160. The number of amides is 1. The summed E-state index contributed by atoms with van der Waals surface area (Å²) in [5, 5.41) is 3.51. The third-order valence-electron chi connectivity index (χ3n) is 4.04. The molecule has 0 bridgehead atoms. The number of nitrogens with zero attached hydrogens (tertiary/aromatic N) is 2. The Balaban J connectivity index is 1.69. The topological polar surface area (TPSA) is 77.2 Å². The van der Waals surface area contributed by atoms with Crippen molar-refractivity contribution in [1.29, 1.82) is 0 Å². The van der Waals surface area contributed by atoms with Crippen molar-refractivity contribution in [3.05, 3.63) is 70.3 Å². The Morgan fingerprint density at radius 3 is 2.75 bits per heavy atom.